The van der Waals surface area contributed by atoms with Crippen LogP contribution in [0, 0.1) is 5.92 Å². The molecule has 1 saturated carbocycles. The molecule has 2 aromatic rings. The molecule has 1 amide bonds. The minimum atomic E-state index is -0.0188. The summed E-state index contributed by atoms with van der Waals surface area (Å²) in [6, 6.07) is 13.0. The Labute approximate surface area is 124 Å². The van der Waals surface area contributed by atoms with Crippen LogP contribution in [0.15, 0.2) is 48.8 Å². The van der Waals surface area contributed by atoms with Crippen LogP contribution in [0.4, 0.5) is 4.79 Å². The van der Waals surface area contributed by atoms with Gasteiger partial charge < -0.3 is 10.6 Å². The van der Waals surface area contributed by atoms with E-state index in [1.807, 2.05) is 36.7 Å². The predicted octanol–water partition coefficient (Wildman–Crippen LogP) is 2.46. The van der Waals surface area contributed by atoms with Gasteiger partial charge in [0.1, 0.15) is 0 Å². The number of hydrogen-bond acceptors (Lipinski definition) is 2. The summed E-state index contributed by atoms with van der Waals surface area (Å²) in [5, 5.41) is 6.64. The van der Waals surface area contributed by atoms with Crippen molar-refractivity contribution in [2.75, 3.05) is 6.54 Å². The maximum Gasteiger partial charge on any atom is 0.325 e. The van der Waals surface area contributed by atoms with Crippen LogP contribution >= 0.6 is 0 Å². The number of piperidine rings is 1. The summed E-state index contributed by atoms with van der Waals surface area (Å²) in [5.74, 6) is 0.600. The van der Waals surface area contributed by atoms with Crippen molar-refractivity contribution < 1.29 is 4.79 Å². The monoisotopic (exact) mass is 281 g/mol. The molecule has 0 spiro atoms. The highest BCUT2D eigenvalue weighted by Gasteiger charge is 2.40. The topological polar surface area (TPSA) is 46.1 Å². The molecule has 108 valence electrons. The molecule has 4 heteroatoms. The van der Waals surface area contributed by atoms with Gasteiger partial charge in [-0.1, -0.05) is 30.3 Å². The minimum Gasteiger partial charge on any atom is -0.334 e. The van der Waals surface area contributed by atoms with E-state index in [9.17, 15) is 4.79 Å². The Morgan fingerprint density at radius 3 is 2.71 bits per heavy atom. The number of carbonyl (C=O) groups is 1. The van der Waals surface area contributed by atoms with Crippen molar-refractivity contribution in [2.24, 2.45) is 5.92 Å². The number of nitrogens with one attached hydrogen (secondary N) is 2. The number of fused-ring (bicyclic) bond motifs is 2. The Balaban J connectivity index is 1.47. The van der Waals surface area contributed by atoms with Crippen LogP contribution in [0.1, 0.15) is 12.8 Å². The second-order valence-corrected chi connectivity index (χ2v) is 6.07. The van der Waals surface area contributed by atoms with Crippen LogP contribution in [-0.4, -0.2) is 29.2 Å². The lowest BCUT2D eigenvalue weighted by atomic mass is 10.0. The highest BCUT2D eigenvalue weighted by molar-refractivity contribution is 5.79. The van der Waals surface area contributed by atoms with Crippen LogP contribution in [0.5, 0.6) is 0 Å². The van der Waals surface area contributed by atoms with Crippen molar-refractivity contribution in [3.8, 4) is 11.1 Å². The Kier molecular flexibility index (Phi) is 3.04. The molecule has 1 aromatic carbocycles. The smallest absolute Gasteiger partial charge is 0.325 e. The molecular formula is C17H19N3O. The van der Waals surface area contributed by atoms with Gasteiger partial charge in [-0.15, -0.1) is 0 Å². The molecule has 2 N–H and O–H groups in total. The van der Waals surface area contributed by atoms with E-state index < -0.39 is 0 Å². The molecular weight excluding hydrogens is 262 g/mol. The lowest BCUT2D eigenvalue weighted by molar-refractivity contribution is 0.233. The summed E-state index contributed by atoms with van der Waals surface area (Å²) >= 11 is 0. The van der Waals surface area contributed by atoms with E-state index in [0.717, 1.165) is 24.1 Å². The molecule has 1 aliphatic heterocycles. The van der Waals surface area contributed by atoms with Gasteiger partial charge >= 0.3 is 6.03 Å². The third kappa shape index (κ3) is 2.36. The number of carbonyl (C=O) groups excluding carboxylic acids is 1. The van der Waals surface area contributed by atoms with Gasteiger partial charge in [0.05, 0.1) is 0 Å². The van der Waals surface area contributed by atoms with E-state index in [4.69, 9.17) is 0 Å². The third-order valence-corrected chi connectivity index (χ3v) is 4.71. The molecule has 3 unspecified atom stereocenters. The SMILES string of the molecule is O=C(NC1CC2CC1CN2)n1ccc(-c2ccccc2)c1. The summed E-state index contributed by atoms with van der Waals surface area (Å²) in [6.45, 7) is 1.04. The van der Waals surface area contributed by atoms with E-state index in [0.29, 0.717) is 18.0 Å². The second kappa shape index (κ2) is 5.04. The van der Waals surface area contributed by atoms with E-state index in [2.05, 4.69) is 22.8 Å². The largest absolute Gasteiger partial charge is 0.334 e. The van der Waals surface area contributed by atoms with Crippen molar-refractivity contribution in [3.05, 3.63) is 48.8 Å². The van der Waals surface area contributed by atoms with Crippen molar-refractivity contribution in [1.29, 1.82) is 0 Å². The first kappa shape index (κ1) is 12.7. The van der Waals surface area contributed by atoms with Gasteiger partial charge in [-0.2, -0.15) is 0 Å². The van der Waals surface area contributed by atoms with Crippen LogP contribution in [0.2, 0.25) is 0 Å². The molecule has 2 bridgehead atoms. The highest BCUT2D eigenvalue weighted by Crippen LogP contribution is 2.31. The Morgan fingerprint density at radius 1 is 1.14 bits per heavy atom. The molecule has 3 atom stereocenters. The van der Waals surface area contributed by atoms with E-state index in [1.165, 1.54) is 6.42 Å². The summed E-state index contributed by atoms with van der Waals surface area (Å²) in [6.07, 6.45) is 5.99. The number of benzene rings is 1. The standard InChI is InChI=1S/C17H19N3O/c21-17(19-16-9-15-8-14(16)10-18-15)20-7-6-13(11-20)12-4-2-1-3-5-12/h1-7,11,14-16,18H,8-10H2,(H,19,21). The number of hydrogen-bond donors (Lipinski definition) is 2. The predicted molar refractivity (Wildman–Crippen MR) is 82.1 cm³/mol. The second-order valence-electron chi connectivity index (χ2n) is 6.07. The van der Waals surface area contributed by atoms with Gasteiger partial charge in [0.25, 0.3) is 0 Å². The van der Waals surface area contributed by atoms with Gasteiger partial charge in [-0.3, -0.25) is 4.57 Å². The average molecular weight is 281 g/mol. The molecule has 2 aliphatic rings. The van der Waals surface area contributed by atoms with Crippen LogP contribution < -0.4 is 10.6 Å². The molecule has 4 rings (SSSR count). The Hall–Kier alpha value is -2.07. The molecule has 21 heavy (non-hydrogen) atoms. The van der Waals surface area contributed by atoms with Gasteiger partial charge in [0.15, 0.2) is 0 Å². The zero-order valence-corrected chi connectivity index (χ0v) is 11.8. The molecule has 1 saturated heterocycles. The fourth-order valence-corrected chi connectivity index (χ4v) is 3.57. The van der Waals surface area contributed by atoms with Crippen molar-refractivity contribution >= 4 is 6.03 Å². The van der Waals surface area contributed by atoms with Gasteiger partial charge in [-0.05, 0) is 36.0 Å². The highest BCUT2D eigenvalue weighted by atomic mass is 16.2. The molecule has 4 nitrogen and oxygen atoms in total. The average Bonchev–Trinajstić information content (AvgIpc) is 3.24. The Bertz CT molecular complexity index is 649. The number of aromatic nitrogens is 1. The first-order valence-electron chi connectivity index (χ1n) is 7.57. The lowest BCUT2D eigenvalue weighted by Gasteiger charge is -2.23. The molecule has 1 aromatic heterocycles. The quantitative estimate of drug-likeness (QED) is 0.888. The number of nitrogens with zero attached hydrogens (tertiary/aromatic N) is 1. The summed E-state index contributed by atoms with van der Waals surface area (Å²) in [4.78, 5) is 12.4. The first-order chi connectivity index (χ1) is 10.3. The van der Waals surface area contributed by atoms with E-state index >= 15 is 0 Å². The third-order valence-electron chi connectivity index (χ3n) is 4.71. The lowest BCUT2D eigenvalue weighted by Crippen LogP contribution is -2.45. The minimum absolute atomic E-state index is 0.0188. The van der Waals surface area contributed by atoms with E-state index in [1.54, 1.807) is 4.57 Å². The molecule has 2 fully saturated rings. The fraction of sp³-hybridized carbons (Fsp3) is 0.353. The molecule has 1 aliphatic carbocycles. The van der Waals surface area contributed by atoms with Gasteiger partial charge in [0.2, 0.25) is 0 Å². The first-order valence-corrected chi connectivity index (χ1v) is 7.57. The van der Waals surface area contributed by atoms with Crippen LogP contribution in [0.25, 0.3) is 11.1 Å². The number of rotatable bonds is 2. The summed E-state index contributed by atoms with van der Waals surface area (Å²) in [7, 11) is 0. The normalized spacial score (nSPS) is 27.0. The zero-order valence-electron chi connectivity index (χ0n) is 11.8. The summed E-state index contributed by atoms with van der Waals surface area (Å²) < 4.78 is 1.65. The van der Waals surface area contributed by atoms with Gasteiger partial charge in [-0.25, -0.2) is 4.79 Å². The van der Waals surface area contributed by atoms with Crippen LogP contribution in [0.3, 0.4) is 0 Å². The van der Waals surface area contributed by atoms with Crippen molar-refractivity contribution in [1.82, 2.24) is 15.2 Å². The zero-order chi connectivity index (χ0) is 14.2. The maximum atomic E-state index is 12.4. The van der Waals surface area contributed by atoms with Crippen molar-refractivity contribution in [3.63, 3.8) is 0 Å². The Morgan fingerprint density at radius 2 is 2.00 bits per heavy atom. The van der Waals surface area contributed by atoms with Gasteiger partial charge in [0, 0.05) is 31.0 Å². The maximum absolute atomic E-state index is 12.4. The number of amides is 1. The van der Waals surface area contributed by atoms with E-state index in [-0.39, 0.29) is 6.03 Å². The molecule has 2 heterocycles. The van der Waals surface area contributed by atoms with Crippen molar-refractivity contribution in [2.45, 2.75) is 24.9 Å². The molecule has 0 radical (unpaired) electrons. The fourth-order valence-electron chi connectivity index (χ4n) is 3.57. The summed E-state index contributed by atoms with van der Waals surface area (Å²) in [5.41, 5.74) is 2.20. The van der Waals surface area contributed by atoms with Crippen LogP contribution in [-0.2, 0) is 0 Å².